The summed E-state index contributed by atoms with van der Waals surface area (Å²) in [5.74, 6) is -1.86. The van der Waals surface area contributed by atoms with Gasteiger partial charge in [-0.05, 0) is 43.9 Å². The van der Waals surface area contributed by atoms with E-state index in [9.17, 15) is 19.2 Å². The first kappa shape index (κ1) is 29.5. The van der Waals surface area contributed by atoms with Crippen molar-refractivity contribution in [2.45, 2.75) is 50.8 Å². The topological polar surface area (TPSA) is 130 Å². The Hall–Kier alpha value is -3.47. The van der Waals surface area contributed by atoms with Gasteiger partial charge in [-0.15, -0.1) is 0 Å². The van der Waals surface area contributed by atoms with Gasteiger partial charge in [0.2, 0.25) is 11.8 Å². The van der Waals surface area contributed by atoms with Crippen LogP contribution in [-0.4, -0.2) is 90.4 Å². The Kier molecular flexibility index (Phi) is 10.1. The van der Waals surface area contributed by atoms with Gasteiger partial charge >= 0.3 is 0 Å². The molecule has 2 aliphatic rings. The number of carbonyl (C=O) groups excluding carboxylic acids is 4. The van der Waals surface area contributed by atoms with E-state index in [2.05, 4.69) is 15.6 Å². The first-order chi connectivity index (χ1) is 19.2. The zero-order chi connectivity index (χ0) is 28.5. The number of carbonyl (C=O) groups is 4. The molecule has 2 aromatic rings. The van der Waals surface area contributed by atoms with Gasteiger partial charge in [-0.1, -0.05) is 36.4 Å². The highest BCUT2D eigenvalue weighted by Crippen LogP contribution is 2.29. The monoisotopic (exact) mass is 550 g/mol. The lowest BCUT2D eigenvalue weighted by atomic mass is 9.90. The molecule has 2 fully saturated rings. The Bertz CT molecular complexity index is 1170. The van der Waals surface area contributed by atoms with Crippen molar-refractivity contribution in [1.82, 2.24) is 20.5 Å². The molecule has 2 saturated heterocycles. The largest absolute Gasteiger partial charge is 0.379 e. The number of amides is 2. The smallest absolute Gasteiger partial charge is 0.234 e. The zero-order valence-corrected chi connectivity index (χ0v) is 23.1. The molecule has 0 radical (unpaired) electrons. The fraction of sp³-hybridized carbons (Fsp3) is 0.500. The molecule has 1 aromatic heterocycles. The van der Waals surface area contributed by atoms with Gasteiger partial charge in [-0.25, -0.2) is 0 Å². The second-order valence-electron chi connectivity index (χ2n) is 10.7. The van der Waals surface area contributed by atoms with Crippen molar-refractivity contribution in [2.24, 2.45) is 5.92 Å². The van der Waals surface area contributed by atoms with Crippen LogP contribution in [-0.2, 0) is 41.5 Å². The van der Waals surface area contributed by atoms with E-state index in [1.807, 2.05) is 41.3 Å². The molecule has 10 heteroatoms. The summed E-state index contributed by atoms with van der Waals surface area (Å²) in [6.45, 7) is 6.32. The number of pyridine rings is 1. The van der Waals surface area contributed by atoms with Crippen molar-refractivity contribution in [3.05, 3.63) is 66.0 Å². The third kappa shape index (κ3) is 8.51. The SMILES string of the molecule is CC(NC(=O)CN1CCOCC1)C(=O)CC(Cc1cccnc1)C(=O)NC(Cc1ccccc1)C(=O)C1(C)CO1. The number of ketones is 2. The molecule has 0 aliphatic carbocycles. The summed E-state index contributed by atoms with van der Waals surface area (Å²) in [6.07, 6.45) is 3.77. The van der Waals surface area contributed by atoms with Crippen LogP contribution < -0.4 is 10.6 Å². The summed E-state index contributed by atoms with van der Waals surface area (Å²) in [7, 11) is 0. The van der Waals surface area contributed by atoms with Crippen molar-refractivity contribution < 1.29 is 28.7 Å². The minimum absolute atomic E-state index is 0.0975. The number of aromatic nitrogens is 1. The summed E-state index contributed by atoms with van der Waals surface area (Å²) in [5.41, 5.74) is 0.783. The van der Waals surface area contributed by atoms with Crippen LogP contribution in [0.15, 0.2) is 54.9 Å². The molecule has 4 rings (SSSR count). The van der Waals surface area contributed by atoms with E-state index >= 15 is 0 Å². The normalized spacial score (nSPS) is 21.1. The molecular formula is C30H38N4O6. The molecule has 10 nitrogen and oxygen atoms in total. The van der Waals surface area contributed by atoms with Gasteiger partial charge in [0.25, 0.3) is 0 Å². The minimum Gasteiger partial charge on any atom is -0.379 e. The Morgan fingerprint density at radius 1 is 1.00 bits per heavy atom. The van der Waals surface area contributed by atoms with Crippen LogP contribution in [0.2, 0.25) is 0 Å². The highest BCUT2D eigenvalue weighted by Gasteiger charge is 2.50. The van der Waals surface area contributed by atoms with Gasteiger partial charge in [0.1, 0.15) is 5.60 Å². The number of hydrogen-bond acceptors (Lipinski definition) is 8. The van der Waals surface area contributed by atoms with E-state index in [0.717, 1.165) is 11.1 Å². The number of morpholine rings is 1. The van der Waals surface area contributed by atoms with Gasteiger partial charge in [0, 0.05) is 37.8 Å². The Balaban J connectivity index is 1.44. The Morgan fingerprint density at radius 3 is 2.35 bits per heavy atom. The molecule has 4 unspecified atom stereocenters. The molecule has 2 amide bonds. The second kappa shape index (κ2) is 13.7. The molecule has 3 heterocycles. The van der Waals surface area contributed by atoms with E-state index < -0.39 is 29.5 Å². The molecule has 2 aliphatic heterocycles. The minimum atomic E-state index is -0.916. The third-order valence-electron chi connectivity index (χ3n) is 7.37. The number of nitrogens with one attached hydrogen (secondary N) is 2. The van der Waals surface area contributed by atoms with Crippen molar-refractivity contribution in [2.75, 3.05) is 39.5 Å². The average Bonchev–Trinajstić information content (AvgIpc) is 3.71. The molecule has 1 aromatic carbocycles. The quantitative estimate of drug-likeness (QED) is 0.335. The third-order valence-corrected chi connectivity index (χ3v) is 7.37. The summed E-state index contributed by atoms with van der Waals surface area (Å²) in [6, 6.07) is 11.5. The highest BCUT2D eigenvalue weighted by molar-refractivity contribution is 5.98. The van der Waals surface area contributed by atoms with E-state index in [4.69, 9.17) is 9.47 Å². The van der Waals surface area contributed by atoms with Gasteiger partial charge in [-0.2, -0.15) is 0 Å². The van der Waals surface area contributed by atoms with Crippen LogP contribution in [0.5, 0.6) is 0 Å². The van der Waals surface area contributed by atoms with Crippen molar-refractivity contribution >= 4 is 23.4 Å². The van der Waals surface area contributed by atoms with Crippen LogP contribution in [0.4, 0.5) is 0 Å². The second-order valence-corrected chi connectivity index (χ2v) is 10.7. The van der Waals surface area contributed by atoms with E-state index in [-0.39, 0.29) is 36.9 Å². The van der Waals surface area contributed by atoms with Crippen LogP contribution >= 0.6 is 0 Å². The summed E-state index contributed by atoms with van der Waals surface area (Å²) >= 11 is 0. The first-order valence-corrected chi connectivity index (χ1v) is 13.8. The fourth-order valence-corrected chi connectivity index (χ4v) is 4.78. The van der Waals surface area contributed by atoms with Gasteiger partial charge in [0.15, 0.2) is 11.6 Å². The summed E-state index contributed by atoms with van der Waals surface area (Å²) < 4.78 is 10.7. The molecule has 0 saturated carbocycles. The molecule has 214 valence electrons. The predicted molar refractivity (Wildman–Crippen MR) is 147 cm³/mol. The fourth-order valence-electron chi connectivity index (χ4n) is 4.78. The van der Waals surface area contributed by atoms with Crippen LogP contribution in [0, 0.1) is 5.92 Å². The number of Topliss-reactive ketones (excluding diaryl/α,β-unsaturated/α-hetero) is 2. The van der Waals surface area contributed by atoms with E-state index in [0.29, 0.717) is 39.3 Å². The number of nitrogens with zero attached hydrogens (tertiary/aromatic N) is 2. The lowest BCUT2D eigenvalue weighted by Gasteiger charge is -2.27. The maximum atomic E-state index is 13.7. The van der Waals surface area contributed by atoms with Crippen LogP contribution in [0.1, 0.15) is 31.4 Å². The lowest BCUT2D eigenvalue weighted by Crippen LogP contribution is -2.50. The maximum absolute atomic E-state index is 13.7. The standard InChI is InChI=1S/C30H38N4O6/c1-21(32-27(36)19-34-11-13-39-14-12-34)26(35)17-24(15-23-9-6-10-31-18-23)29(38)33-25(28(37)30(2)20-40-30)16-22-7-4-3-5-8-22/h3-10,18,21,24-25H,11-17,19-20H2,1-2H3,(H,32,36)(H,33,38). The van der Waals surface area contributed by atoms with E-state index in [1.54, 1.807) is 32.3 Å². The molecule has 2 N–H and O–H groups in total. The predicted octanol–water partition coefficient (Wildman–Crippen LogP) is 1.12. The first-order valence-electron chi connectivity index (χ1n) is 13.8. The number of hydrogen-bond donors (Lipinski definition) is 2. The Morgan fingerprint density at radius 2 is 1.70 bits per heavy atom. The highest BCUT2D eigenvalue weighted by atomic mass is 16.6. The van der Waals surface area contributed by atoms with Crippen molar-refractivity contribution in [1.29, 1.82) is 0 Å². The number of rotatable bonds is 14. The maximum Gasteiger partial charge on any atom is 0.234 e. The van der Waals surface area contributed by atoms with Gasteiger partial charge in [-0.3, -0.25) is 29.1 Å². The van der Waals surface area contributed by atoms with Crippen molar-refractivity contribution in [3.8, 4) is 0 Å². The summed E-state index contributed by atoms with van der Waals surface area (Å²) in [5, 5.41) is 5.69. The lowest BCUT2D eigenvalue weighted by molar-refractivity contribution is -0.134. The van der Waals surface area contributed by atoms with Crippen LogP contribution in [0.3, 0.4) is 0 Å². The van der Waals surface area contributed by atoms with Crippen molar-refractivity contribution in [3.63, 3.8) is 0 Å². The van der Waals surface area contributed by atoms with Gasteiger partial charge in [0.05, 0.1) is 38.4 Å². The average molecular weight is 551 g/mol. The molecule has 4 atom stereocenters. The molecule has 40 heavy (non-hydrogen) atoms. The van der Waals surface area contributed by atoms with Gasteiger partial charge < -0.3 is 20.1 Å². The van der Waals surface area contributed by atoms with Crippen LogP contribution in [0.25, 0.3) is 0 Å². The van der Waals surface area contributed by atoms with E-state index in [1.165, 1.54) is 0 Å². The molecular weight excluding hydrogens is 512 g/mol. The molecule has 0 bridgehead atoms. The number of ether oxygens (including phenoxy) is 2. The summed E-state index contributed by atoms with van der Waals surface area (Å²) in [4.78, 5) is 58.8. The Labute approximate surface area is 234 Å². The zero-order valence-electron chi connectivity index (χ0n) is 23.1. The molecule has 0 spiro atoms. The number of benzene rings is 1. The number of epoxide rings is 1.